The van der Waals surface area contributed by atoms with Crippen LogP contribution in [0.2, 0.25) is 0 Å². The molecule has 0 saturated carbocycles. The molecular weight excluding hydrogens is 446 g/mol. The van der Waals surface area contributed by atoms with Crippen LogP contribution in [0, 0.1) is 6.92 Å². The van der Waals surface area contributed by atoms with Gasteiger partial charge in [0, 0.05) is 13.1 Å². The van der Waals surface area contributed by atoms with Crippen molar-refractivity contribution >= 4 is 21.8 Å². The van der Waals surface area contributed by atoms with Gasteiger partial charge >= 0.3 is 11.8 Å². The van der Waals surface area contributed by atoms with E-state index >= 15 is 0 Å². The molecular formula is C23H29N3O6S. The number of amides is 2. The summed E-state index contributed by atoms with van der Waals surface area (Å²) in [5.74, 6) is -0.885. The molecule has 0 bridgehead atoms. The number of carbonyl (C=O) groups excluding carboxylic acids is 2. The van der Waals surface area contributed by atoms with Gasteiger partial charge in [0.25, 0.3) is 0 Å². The lowest BCUT2D eigenvalue weighted by atomic mass is 10.1. The van der Waals surface area contributed by atoms with Crippen LogP contribution in [0.5, 0.6) is 5.75 Å². The Morgan fingerprint density at radius 2 is 1.73 bits per heavy atom. The number of methoxy groups -OCH3 is 1. The fraction of sp³-hybridized carbons (Fsp3) is 0.391. The molecule has 1 fully saturated rings. The van der Waals surface area contributed by atoms with Crippen molar-refractivity contribution in [2.24, 2.45) is 0 Å². The summed E-state index contributed by atoms with van der Waals surface area (Å²) in [7, 11) is -2.21. The van der Waals surface area contributed by atoms with Crippen molar-refractivity contribution in [3.8, 4) is 5.75 Å². The molecule has 1 heterocycles. The van der Waals surface area contributed by atoms with Gasteiger partial charge in [0.15, 0.2) is 0 Å². The van der Waals surface area contributed by atoms with Crippen molar-refractivity contribution in [3.05, 3.63) is 59.7 Å². The lowest BCUT2D eigenvalue weighted by Gasteiger charge is -2.34. The van der Waals surface area contributed by atoms with Crippen LogP contribution in [0.1, 0.15) is 17.5 Å². The Morgan fingerprint density at radius 1 is 1.06 bits per heavy atom. The van der Waals surface area contributed by atoms with E-state index < -0.39 is 28.1 Å². The molecule has 33 heavy (non-hydrogen) atoms. The molecule has 3 rings (SSSR count). The lowest BCUT2D eigenvalue weighted by molar-refractivity contribution is -0.140. The molecule has 2 aromatic carbocycles. The second-order valence-electron chi connectivity index (χ2n) is 7.67. The van der Waals surface area contributed by atoms with E-state index in [-0.39, 0.29) is 24.5 Å². The van der Waals surface area contributed by atoms with Gasteiger partial charge in [-0.05, 0) is 49.6 Å². The van der Waals surface area contributed by atoms with Crippen LogP contribution in [0.15, 0.2) is 53.4 Å². The van der Waals surface area contributed by atoms with Crippen molar-refractivity contribution < 1.29 is 27.5 Å². The molecule has 0 aliphatic carbocycles. The summed E-state index contributed by atoms with van der Waals surface area (Å²) in [6.07, 6.45) is 0.208. The first-order chi connectivity index (χ1) is 15.8. The van der Waals surface area contributed by atoms with Gasteiger partial charge in [-0.2, -0.15) is 4.31 Å². The van der Waals surface area contributed by atoms with Crippen molar-refractivity contribution in [2.45, 2.75) is 30.9 Å². The third kappa shape index (κ3) is 6.53. The zero-order valence-electron chi connectivity index (χ0n) is 18.7. The minimum atomic E-state index is -3.80. The van der Waals surface area contributed by atoms with Gasteiger partial charge in [0.1, 0.15) is 12.0 Å². The predicted octanol–water partition coefficient (Wildman–Crippen LogP) is 1.22. The Morgan fingerprint density at radius 3 is 2.39 bits per heavy atom. The van der Waals surface area contributed by atoms with E-state index in [2.05, 4.69) is 10.6 Å². The number of rotatable bonds is 8. The summed E-state index contributed by atoms with van der Waals surface area (Å²) in [5.41, 5.74) is 1.94. The minimum absolute atomic E-state index is 0.129. The Hall–Kier alpha value is -2.95. The smallest absolute Gasteiger partial charge is 0.309 e. The molecule has 0 radical (unpaired) electrons. The van der Waals surface area contributed by atoms with E-state index in [0.29, 0.717) is 19.4 Å². The molecule has 1 saturated heterocycles. The third-order valence-electron chi connectivity index (χ3n) is 5.28. The first-order valence-electron chi connectivity index (χ1n) is 10.7. The van der Waals surface area contributed by atoms with Crippen LogP contribution in [0.25, 0.3) is 0 Å². The van der Waals surface area contributed by atoms with Crippen LogP contribution < -0.4 is 15.4 Å². The Labute approximate surface area is 194 Å². The average Bonchev–Trinajstić information content (AvgIpc) is 2.83. The minimum Gasteiger partial charge on any atom is -0.497 e. The van der Waals surface area contributed by atoms with Gasteiger partial charge in [0.05, 0.1) is 25.2 Å². The van der Waals surface area contributed by atoms with E-state index in [4.69, 9.17) is 9.47 Å². The standard InChI is InChI=1S/C23H29N3O6S/c1-17-4-10-20(11-5-17)33(29,30)26-14-3-15-32-21(26)16-25-23(28)22(27)24-13-12-18-6-8-19(31-2)9-7-18/h4-11,21H,3,12-16H2,1-2H3,(H,24,27)(H,25,28)/t21-/m0/s1. The second kappa shape index (κ2) is 11.3. The highest BCUT2D eigenvalue weighted by Gasteiger charge is 2.34. The first-order valence-corrected chi connectivity index (χ1v) is 12.1. The maximum absolute atomic E-state index is 13.0. The summed E-state index contributed by atoms with van der Waals surface area (Å²) in [5, 5.41) is 5.04. The van der Waals surface area contributed by atoms with Gasteiger partial charge in [-0.3, -0.25) is 9.59 Å². The van der Waals surface area contributed by atoms with Crippen molar-refractivity contribution in [1.29, 1.82) is 0 Å². The van der Waals surface area contributed by atoms with E-state index in [1.807, 2.05) is 31.2 Å². The molecule has 2 aromatic rings. The number of ether oxygens (including phenoxy) is 2. The van der Waals surface area contributed by atoms with Crippen LogP contribution in [-0.2, 0) is 30.8 Å². The molecule has 0 unspecified atom stereocenters. The lowest BCUT2D eigenvalue weighted by Crippen LogP contribution is -2.53. The van der Waals surface area contributed by atoms with Crippen LogP contribution in [0.3, 0.4) is 0 Å². The predicted molar refractivity (Wildman–Crippen MR) is 122 cm³/mol. The van der Waals surface area contributed by atoms with Crippen molar-refractivity contribution in [1.82, 2.24) is 14.9 Å². The van der Waals surface area contributed by atoms with Gasteiger partial charge < -0.3 is 20.1 Å². The van der Waals surface area contributed by atoms with E-state index in [0.717, 1.165) is 16.9 Å². The average molecular weight is 476 g/mol. The van der Waals surface area contributed by atoms with Crippen LogP contribution in [-0.4, -0.2) is 64.1 Å². The highest BCUT2D eigenvalue weighted by molar-refractivity contribution is 7.89. The van der Waals surface area contributed by atoms with Gasteiger partial charge in [-0.1, -0.05) is 29.8 Å². The molecule has 0 aromatic heterocycles. The molecule has 1 aliphatic heterocycles. The Balaban J connectivity index is 1.51. The molecule has 1 aliphatic rings. The monoisotopic (exact) mass is 475 g/mol. The largest absolute Gasteiger partial charge is 0.497 e. The third-order valence-corrected chi connectivity index (χ3v) is 7.19. The highest BCUT2D eigenvalue weighted by atomic mass is 32.2. The fourth-order valence-corrected chi connectivity index (χ4v) is 4.97. The zero-order valence-corrected chi connectivity index (χ0v) is 19.6. The maximum atomic E-state index is 13.0. The summed E-state index contributed by atoms with van der Waals surface area (Å²) in [6.45, 7) is 2.67. The van der Waals surface area contributed by atoms with Gasteiger partial charge in [-0.15, -0.1) is 0 Å². The number of hydrogen-bond donors (Lipinski definition) is 2. The number of hydrogen-bond acceptors (Lipinski definition) is 6. The number of benzene rings is 2. The maximum Gasteiger partial charge on any atom is 0.309 e. The number of nitrogens with one attached hydrogen (secondary N) is 2. The zero-order chi connectivity index (χ0) is 23.8. The van der Waals surface area contributed by atoms with Gasteiger partial charge in [0.2, 0.25) is 10.0 Å². The SMILES string of the molecule is COc1ccc(CCNC(=O)C(=O)NC[C@@H]2OCCCN2S(=O)(=O)c2ccc(C)cc2)cc1. The second-order valence-corrected chi connectivity index (χ2v) is 9.56. The van der Waals surface area contributed by atoms with Gasteiger partial charge in [-0.25, -0.2) is 8.42 Å². The molecule has 10 heteroatoms. The first kappa shape index (κ1) is 24.7. The number of carbonyl (C=O) groups is 2. The summed E-state index contributed by atoms with van der Waals surface area (Å²) in [6, 6.07) is 14.0. The van der Waals surface area contributed by atoms with E-state index in [1.165, 1.54) is 4.31 Å². The van der Waals surface area contributed by atoms with Crippen LogP contribution >= 0.6 is 0 Å². The Bertz CT molecular complexity index is 1050. The van der Waals surface area contributed by atoms with Crippen LogP contribution in [0.4, 0.5) is 0 Å². The summed E-state index contributed by atoms with van der Waals surface area (Å²) in [4.78, 5) is 24.5. The number of aryl methyl sites for hydroxylation is 1. The molecule has 1 atom stereocenters. The molecule has 2 amide bonds. The van der Waals surface area contributed by atoms with E-state index in [1.54, 1.807) is 31.4 Å². The molecule has 2 N–H and O–H groups in total. The summed E-state index contributed by atoms with van der Waals surface area (Å²) >= 11 is 0. The van der Waals surface area contributed by atoms with E-state index in [9.17, 15) is 18.0 Å². The van der Waals surface area contributed by atoms with Crippen molar-refractivity contribution in [2.75, 3.05) is 33.4 Å². The fourth-order valence-electron chi connectivity index (χ4n) is 3.40. The molecule has 9 nitrogen and oxygen atoms in total. The Kier molecular flexibility index (Phi) is 8.43. The quantitative estimate of drug-likeness (QED) is 0.555. The van der Waals surface area contributed by atoms with Crippen molar-refractivity contribution in [3.63, 3.8) is 0 Å². The highest BCUT2D eigenvalue weighted by Crippen LogP contribution is 2.22. The normalized spacial score (nSPS) is 16.7. The molecule has 0 spiro atoms. The number of nitrogens with zero attached hydrogens (tertiary/aromatic N) is 1. The molecule has 178 valence electrons. The summed E-state index contributed by atoms with van der Waals surface area (Å²) < 4.78 is 38.0. The topological polar surface area (TPSA) is 114 Å². The number of sulfonamides is 1.